The Bertz CT molecular complexity index is 815. The maximum absolute atomic E-state index is 12.6. The highest BCUT2D eigenvalue weighted by Crippen LogP contribution is 2.17. The van der Waals surface area contributed by atoms with Crippen LogP contribution in [0.3, 0.4) is 0 Å². The summed E-state index contributed by atoms with van der Waals surface area (Å²) in [5.41, 5.74) is 3.10. The van der Waals surface area contributed by atoms with Gasteiger partial charge in [0.15, 0.2) is 0 Å². The van der Waals surface area contributed by atoms with E-state index in [4.69, 9.17) is 9.72 Å². The minimum Gasteiger partial charge on any atom is -0.378 e. The van der Waals surface area contributed by atoms with Gasteiger partial charge < -0.3 is 9.64 Å². The number of nitrogens with zero attached hydrogens (tertiary/aromatic N) is 3. The number of hydrogen-bond acceptors (Lipinski definition) is 5. The van der Waals surface area contributed by atoms with Crippen LogP contribution in [0.2, 0.25) is 0 Å². The van der Waals surface area contributed by atoms with E-state index in [1.54, 1.807) is 0 Å². The number of rotatable bonds is 3. The second-order valence-electron chi connectivity index (χ2n) is 6.82. The van der Waals surface area contributed by atoms with Crippen molar-refractivity contribution in [2.75, 3.05) is 44.3 Å². The van der Waals surface area contributed by atoms with Crippen LogP contribution in [0.5, 0.6) is 0 Å². The lowest BCUT2D eigenvalue weighted by Crippen LogP contribution is -2.38. The number of benzene rings is 1. The lowest BCUT2D eigenvalue weighted by Gasteiger charge is -2.27. The van der Waals surface area contributed by atoms with E-state index in [1.165, 1.54) is 5.56 Å². The molecule has 26 heavy (non-hydrogen) atoms. The van der Waals surface area contributed by atoms with Gasteiger partial charge in [-0.3, -0.25) is 14.7 Å². The Hall–Kier alpha value is -1.70. The van der Waals surface area contributed by atoms with Crippen LogP contribution >= 0.6 is 15.9 Å². The highest BCUT2D eigenvalue weighted by molar-refractivity contribution is 9.10. The van der Waals surface area contributed by atoms with Crippen LogP contribution < -0.4 is 10.5 Å². The Labute approximate surface area is 161 Å². The smallest absolute Gasteiger partial charge is 0.255 e. The Kier molecular flexibility index (Phi) is 5.38. The van der Waals surface area contributed by atoms with E-state index in [1.807, 2.05) is 0 Å². The minimum absolute atomic E-state index is 0.0157. The minimum atomic E-state index is 0.0157. The van der Waals surface area contributed by atoms with Gasteiger partial charge in [-0.25, -0.2) is 4.98 Å². The molecule has 1 fully saturated rings. The Morgan fingerprint density at radius 3 is 2.58 bits per heavy atom. The first-order valence-electron chi connectivity index (χ1n) is 9.10. The average molecular weight is 419 g/mol. The van der Waals surface area contributed by atoms with Crippen molar-refractivity contribution in [2.45, 2.75) is 19.4 Å². The average Bonchev–Trinajstić information content (AvgIpc) is 2.87. The molecule has 0 saturated carbocycles. The molecule has 0 atom stereocenters. The molecule has 0 radical (unpaired) electrons. The fraction of sp³-hybridized carbons (Fsp3) is 0.474. The Morgan fingerprint density at radius 2 is 1.81 bits per heavy atom. The first kappa shape index (κ1) is 17.7. The van der Waals surface area contributed by atoms with Gasteiger partial charge in [0.2, 0.25) is 5.95 Å². The summed E-state index contributed by atoms with van der Waals surface area (Å²) in [6.07, 6.45) is 1.56. The largest absolute Gasteiger partial charge is 0.378 e. The van der Waals surface area contributed by atoms with E-state index in [0.29, 0.717) is 19.2 Å². The van der Waals surface area contributed by atoms with Crippen LogP contribution in [0.4, 0.5) is 5.95 Å². The standard InChI is InChI=1S/C19H23BrN4O2/c20-15-3-1-14(2-4-15)13-23-7-5-16-17(6-8-23)21-19(22-18(16)25)24-9-11-26-12-10-24/h1-4H,5-13H2,(H,21,22,25). The SMILES string of the molecule is O=c1[nH]c(N2CCOCC2)nc2c1CCN(Cc1ccc(Br)cc1)CC2. The van der Waals surface area contributed by atoms with E-state index in [0.717, 1.165) is 61.3 Å². The fourth-order valence-electron chi connectivity index (χ4n) is 3.57. The summed E-state index contributed by atoms with van der Waals surface area (Å²) in [6.45, 7) is 5.61. The maximum Gasteiger partial charge on any atom is 0.255 e. The zero-order chi connectivity index (χ0) is 17.9. The zero-order valence-electron chi connectivity index (χ0n) is 14.7. The number of aromatic nitrogens is 2. The van der Waals surface area contributed by atoms with E-state index in [-0.39, 0.29) is 5.56 Å². The number of aromatic amines is 1. The maximum atomic E-state index is 12.6. The number of anilines is 1. The van der Waals surface area contributed by atoms with E-state index >= 15 is 0 Å². The quantitative estimate of drug-likeness (QED) is 0.825. The van der Waals surface area contributed by atoms with E-state index in [2.05, 4.69) is 55.0 Å². The molecule has 4 rings (SSSR count). The molecule has 2 aliphatic rings. The fourth-order valence-corrected chi connectivity index (χ4v) is 3.84. The number of H-pyrrole nitrogens is 1. The van der Waals surface area contributed by atoms with E-state index in [9.17, 15) is 4.79 Å². The van der Waals surface area contributed by atoms with Crippen molar-refractivity contribution in [3.8, 4) is 0 Å². The second-order valence-corrected chi connectivity index (χ2v) is 7.73. The molecule has 3 heterocycles. The first-order valence-corrected chi connectivity index (χ1v) is 9.90. The predicted molar refractivity (Wildman–Crippen MR) is 105 cm³/mol. The molecule has 1 saturated heterocycles. The molecular weight excluding hydrogens is 396 g/mol. The monoisotopic (exact) mass is 418 g/mol. The molecule has 1 aromatic carbocycles. The highest BCUT2D eigenvalue weighted by Gasteiger charge is 2.21. The molecule has 1 N–H and O–H groups in total. The van der Waals surface area contributed by atoms with E-state index < -0.39 is 0 Å². The normalized spacial score (nSPS) is 18.4. The van der Waals surface area contributed by atoms with Gasteiger partial charge in [-0.05, 0) is 24.1 Å². The Morgan fingerprint density at radius 1 is 1.08 bits per heavy atom. The second kappa shape index (κ2) is 7.90. The van der Waals surface area contributed by atoms with Crippen molar-refractivity contribution in [1.29, 1.82) is 0 Å². The van der Waals surface area contributed by atoms with Gasteiger partial charge in [0, 0.05) is 49.2 Å². The third kappa shape index (κ3) is 4.00. The summed E-state index contributed by atoms with van der Waals surface area (Å²) < 4.78 is 6.48. The van der Waals surface area contributed by atoms with Crippen LogP contribution in [0, 0.1) is 0 Å². The number of morpholine rings is 1. The lowest BCUT2D eigenvalue weighted by atomic mass is 10.1. The molecular formula is C19H23BrN4O2. The molecule has 6 nitrogen and oxygen atoms in total. The molecule has 138 valence electrons. The van der Waals surface area contributed by atoms with Crippen molar-refractivity contribution >= 4 is 21.9 Å². The summed E-state index contributed by atoms with van der Waals surface area (Å²) in [5, 5.41) is 0. The summed E-state index contributed by atoms with van der Waals surface area (Å²) in [5.74, 6) is 0.693. The van der Waals surface area contributed by atoms with Gasteiger partial charge in [0.25, 0.3) is 5.56 Å². The van der Waals surface area contributed by atoms with Crippen LogP contribution in [0.25, 0.3) is 0 Å². The van der Waals surface area contributed by atoms with Gasteiger partial charge in [-0.15, -0.1) is 0 Å². The molecule has 0 aliphatic carbocycles. The van der Waals surface area contributed by atoms with Crippen molar-refractivity contribution in [3.05, 3.63) is 55.9 Å². The molecule has 7 heteroatoms. The molecule has 1 aromatic heterocycles. The van der Waals surface area contributed by atoms with Crippen molar-refractivity contribution in [3.63, 3.8) is 0 Å². The third-order valence-electron chi connectivity index (χ3n) is 5.06. The molecule has 2 aromatic rings. The van der Waals surface area contributed by atoms with Crippen LogP contribution in [0.15, 0.2) is 33.5 Å². The van der Waals surface area contributed by atoms with Gasteiger partial charge in [0.1, 0.15) is 0 Å². The van der Waals surface area contributed by atoms with Crippen molar-refractivity contribution < 1.29 is 4.74 Å². The first-order chi connectivity index (χ1) is 12.7. The van der Waals surface area contributed by atoms with Crippen LogP contribution in [-0.2, 0) is 24.1 Å². The molecule has 2 aliphatic heterocycles. The van der Waals surface area contributed by atoms with Gasteiger partial charge >= 0.3 is 0 Å². The molecule has 0 bridgehead atoms. The number of fused-ring (bicyclic) bond motifs is 1. The predicted octanol–water partition coefficient (Wildman–Crippen LogP) is 1.97. The number of hydrogen-bond donors (Lipinski definition) is 1. The highest BCUT2D eigenvalue weighted by atomic mass is 79.9. The van der Waals surface area contributed by atoms with Crippen molar-refractivity contribution in [1.82, 2.24) is 14.9 Å². The lowest BCUT2D eigenvalue weighted by molar-refractivity contribution is 0.122. The number of nitrogens with one attached hydrogen (secondary N) is 1. The number of halogens is 1. The topological polar surface area (TPSA) is 61.5 Å². The van der Waals surface area contributed by atoms with Crippen LogP contribution in [0.1, 0.15) is 16.8 Å². The third-order valence-corrected chi connectivity index (χ3v) is 5.59. The van der Waals surface area contributed by atoms with Gasteiger partial charge in [-0.2, -0.15) is 0 Å². The Balaban J connectivity index is 1.49. The van der Waals surface area contributed by atoms with Crippen molar-refractivity contribution in [2.24, 2.45) is 0 Å². The van der Waals surface area contributed by atoms with Gasteiger partial charge in [-0.1, -0.05) is 28.1 Å². The molecule has 0 spiro atoms. The summed E-state index contributed by atoms with van der Waals surface area (Å²) in [4.78, 5) is 24.9. The van der Waals surface area contributed by atoms with Crippen LogP contribution in [-0.4, -0.2) is 54.3 Å². The number of ether oxygens (including phenoxy) is 1. The molecule has 0 amide bonds. The summed E-state index contributed by atoms with van der Waals surface area (Å²) >= 11 is 3.48. The summed E-state index contributed by atoms with van der Waals surface area (Å²) in [7, 11) is 0. The summed E-state index contributed by atoms with van der Waals surface area (Å²) in [6, 6.07) is 8.43. The zero-order valence-corrected chi connectivity index (χ0v) is 16.3. The van der Waals surface area contributed by atoms with Gasteiger partial charge in [0.05, 0.1) is 18.9 Å². The molecule has 0 unspecified atom stereocenters.